The van der Waals surface area contributed by atoms with Crippen molar-refractivity contribution in [1.29, 1.82) is 0 Å². The van der Waals surface area contributed by atoms with Crippen LogP contribution in [-0.4, -0.2) is 22.7 Å². The van der Waals surface area contributed by atoms with Gasteiger partial charge in [0.05, 0.1) is 11.1 Å². The van der Waals surface area contributed by atoms with Crippen molar-refractivity contribution >= 4 is 33.2 Å². The Labute approximate surface area is 142 Å². The number of ether oxygens (including phenoxy) is 1. The van der Waals surface area contributed by atoms with Gasteiger partial charge in [-0.15, -0.1) is 11.3 Å². The minimum absolute atomic E-state index is 0.0763. The molecule has 0 aliphatic carbocycles. The standard InChI is InChI=1S/C16H18BrNO3S/c1-2-3-4-5-8-21-14-7-6-11(9-12(14)17)15-18-13(10-22-15)16(19)20/h6-7,9-10H,2-5,8H2,1H3,(H,19,20). The van der Waals surface area contributed by atoms with Gasteiger partial charge in [-0.25, -0.2) is 9.78 Å². The summed E-state index contributed by atoms with van der Waals surface area (Å²) in [6.45, 7) is 2.89. The molecule has 1 N–H and O–H groups in total. The van der Waals surface area contributed by atoms with Crippen molar-refractivity contribution in [3.05, 3.63) is 33.7 Å². The van der Waals surface area contributed by atoms with E-state index in [2.05, 4.69) is 27.8 Å². The third-order valence-corrected chi connectivity index (χ3v) is 4.67. The van der Waals surface area contributed by atoms with E-state index in [1.54, 1.807) is 5.38 Å². The van der Waals surface area contributed by atoms with Crippen LogP contribution in [0.2, 0.25) is 0 Å². The molecule has 0 fully saturated rings. The van der Waals surface area contributed by atoms with Crippen LogP contribution in [0.1, 0.15) is 43.1 Å². The highest BCUT2D eigenvalue weighted by Crippen LogP contribution is 2.32. The number of rotatable bonds is 8. The average molecular weight is 384 g/mol. The second-order valence-corrected chi connectivity index (χ2v) is 6.61. The normalized spacial score (nSPS) is 10.6. The summed E-state index contributed by atoms with van der Waals surface area (Å²) < 4.78 is 6.61. The Morgan fingerprint density at radius 1 is 1.36 bits per heavy atom. The minimum Gasteiger partial charge on any atom is -0.492 e. The van der Waals surface area contributed by atoms with Gasteiger partial charge in [0.2, 0.25) is 0 Å². The SMILES string of the molecule is CCCCCCOc1ccc(-c2nc(C(=O)O)cs2)cc1Br. The molecule has 2 aromatic rings. The van der Waals surface area contributed by atoms with Gasteiger partial charge in [0.15, 0.2) is 5.69 Å². The molecule has 0 radical (unpaired) electrons. The van der Waals surface area contributed by atoms with Gasteiger partial charge in [-0.1, -0.05) is 26.2 Å². The number of hydrogen-bond donors (Lipinski definition) is 1. The monoisotopic (exact) mass is 383 g/mol. The highest BCUT2D eigenvalue weighted by Gasteiger charge is 2.11. The lowest BCUT2D eigenvalue weighted by Crippen LogP contribution is -1.98. The van der Waals surface area contributed by atoms with E-state index in [-0.39, 0.29) is 5.69 Å². The lowest BCUT2D eigenvalue weighted by molar-refractivity contribution is 0.0691. The number of hydrogen-bond acceptors (Lipinski definition) is 4. The molecule has 1 aromatic heterocycles. The van der Waals surface area contributed by atoms with Crippen LogP contribution in [0.5, 0.6) is 5.75 Å². The quantitative estimate of drug-likeness (QED) is 0.633. The molecule has 22 heavy (non-hydrogen) atoms. The molecule has 4 nitrogen and oxygen atoms in total. The predicted molar refractivity (Wildman–Crippen MR) is 91.8 cm³/mol. The second-order valence-electron chi connectivity index (χ2n) is 4.90. The summed E-state index contributed by atoms with van der Waals surface area (Å²) in [4.78, 5) is 15.0. The van der Waals surface area contributed by atoms with Gasteiger partial charge in [-0.3, -0.25) is 0 Å². The van der Waals surface area contributed by atoms with E-state index >= 15 is 0 Å². The summed E-state index contributed by atoms with van der Waals surface area (Å²) in [5.74, 6) is -0.205. The molecule has 1 heterocycles. The van der Waals surface area contributed by atoms with Crippen LogP contribution in [0.4, 0.5) is 0 Å². The number of carboxylic acids is 1. The molecule has 0 saturated heterocycles. The Bertz CT molecular complexity index is 642. The minimum atomic E-state index is -1.01. The first-order valence-corrected chi connectivity index (χ1v) is 8.90. The summed E-state index contributed by atoms with van der Waals surface area (Å²) in [5.41, 5.74) is 0.954. The smallest absolute Gasteiger partial charge is 0.355 e. The first-order chi connectivity index (χ1) is 10.6. The Kier molecular flexibility index (Phi) is 6.39. The van der Waals surface area contributed by atoms with Crippen molar-refractivity contribution in [1.82, 2.24) is 4.98 Å². The van der Waals surface area contributed by atoms with Crippen molar-refractivity contribution in [3.8, 4) is 16.3 Å². The lowest BCUT2D eigenvalue weighted by Gasteiger charge is -2.09. The molecule has 6 heteroatoms. The Balaban J connectivity index is 2.00. The topological polar surface area (TPSA) is 59.4 Å². The van der Waals surface area contributed by atoms with E-state index in [4.69, 9.17) is 9.84 Å². The van der Waals surface area contributed by atoms with Crippen LogP contribution in [0, 0.1) is 0 Å². The zero-order valence-electron chi connectivity index (χ0n) is 12.3. The second kappa shape index (κ2) is 8.29. The van der Waals surface area contributed by atoms with E-state index in [1.807, 2.05) is 18.2 Å². The lowest BCUT2D eigenvalue weighted by atomic mass is 10.2. The molecule has 118 valence electrons. The number of thiazole rings is 1. The van der Waals surface area contributed by atoms with Crippen LogP contribution >= 0.6 is 27.3 Å². The largest absolute Gasteiger partial charge is 0.492 e. The molecular weight excluding hydrogens is 366 g/mol. The van der Waals surface area contributed by atoms with E-state index in [0.29, 0.717) is 11.6 Å². The van der Waals surface area contributed by atoms with E-state index in [1.165, 1.54) is 30.6 Å². The van der Waals surface area contributed by atoms with Gasteiger partial charge in [0.25, 0.3) is 0 Å². The van der Waals surface area contributed by atoms with Gasteiger partial charge < -0.3 is 9.84 Å². The van der Waals surface area contributed by atoms with Crippen molar-refractivity contribution < 1.29 is 14.6 Å². The summed E-state index contributed by atoms with van der Waals surface area (Å²) >= 11 is 4.82. The molecule has 0 unspecified atom stereocenters. The summed E-state index contributed by atoms with van der Waals surface area (Å²) in [6, 6.07) is 5.70. The average Bonchev–Trinajstić information content (AvgIpc) is 2.98. The highest BCUT2D eigenvalue weighted by atomic mass is 79.9. The number of carboxylic acid groups (broad SMARTS) is 1. The maximum absolute atomic E-state index is 10.9. The fourth-order valence-electron chi connectivity index (χ4n) is 1.97. The Hall–Kier alpha value is -1.40. The van der Waals surface area contributed by atoms with E-state index in [0.717, 1.165) is 22.2 Å². The number of aromatic nitrogens is 1. The van der Waals surface area contributed by atoms with Crippen molar-refractivity contribution in [2.45, 2.75) is 32.6 Å². The highest BCUT2D eigenvalue weighted by molar-refractivity contribution is 9.10. The number of halogens is 1. The van der Waals surface area contributed by atoms with Crippen LogP contribution in [0.3, 0.4) is 0 Å². The van der Waals surface area contributed by atoms with Gasteiger partial charge in [0.1, 0.15) is 10.8 Å². The van der Waals surface area contributed by atoms with E-state index < -0.39 is 5.97 Å². The third kappa shape index (κ3) is 4.55. The molecule has 0 saturated carbocycles. The third-order valence-electron chi connectivity index (χ3n) is 3.16. The fourth-order valence-corrected chi connectivity index (χ4v) is 3.25. The number of nitrogens with zero attached hydrogens (tertiary/aromatic N) is 1. The van der Waals surface area contributed by atoms with Gasteiger partial charge in [-0.05, 0) is 40.5 Å². The molecule has 0 aliphatic heterocycles. The van der Waals surface area contributed by atoms with Crippen molar-refractivity contribution in [3.63, 3.8) is 0 Å². The molecule has 0 spiro atoms. The Morgan fingerprint density at radius 3 is 2.82 bits per heavy atom. The number of carbonyl (C=O) groups is 1. The fraction of sp³-hybridized carbons (Fsp3) is 0.375. The van der Waals surface area contributed by atoms with Crippen molar-refractivity contribution in [2.75, 3.05) is 6.61 Å². The van der Waals surface area contributed by atoms with Crippen molar-refractivity contribution in [2.24, 2.45) is 0 Å². The Morgan fingerprint density at radius 2 is 2.18 bits per heavy atom. The van der Waals surface area contributed by atoms with Gasteiger partial charge in [0, 0.05) is 10.9 Å². The molecule has 0 atom stereocenters. The predicted octanol–water partition coefficient (Wildman–Crippen LogP) is 5.23. The van der Waals surface area contributed by atoms with Gasteiger partial charge >= 0.3 is 5.97 Å². The molecule has 0 amide bonds. The maximum Gasteiger partial charge on any atom is 0.355 e. The van der Waals surface area contributed by atoms with E-state index in [9.17, 15) is 4.79 Å². The van der Waals surface area contributed by atoms with Crippen LogP contribution in [0.15, 0.2) is 28.1 Å². The summed E-state index contributed by atoms with van der Waals surface area (Å²) in [5, 5.41) is 11.2. The van der Waals surface area contributed by atoms with Crippen LogP contribution in [0.25, 0.3) is 10.6 Å². The molecule has 0 bridgehead atoms. The number of benzene rings is 1. The first-order valence-electron chi connectivity index (χ1n) is 7.23. The molecule has 1 aromatic carbocycles. The first kappa shape index (κ1) is 17.0. The molecular formula is C16H18BrNO3S. The van der Waals surface area contributed by atoms with Gasteiger partial charge in [-0.2, -0.15) is 0 Å². The summed E-state index contributed by atoms with van der Waals surface area (Å²) in [7, 11) is 0. The summed E-state index contributed by atoms with van der Waals surface area (Å²) in [6.07, 6.45) is 4.68. The molecule has 2 rings (SSSR count). The van der Waals surface area contributed by atoms with Crippen LogP contribution < -0.4 is 4.74 Å². The number of unbranched alkanes of at least 4 members (excludes halogenated alkanes) is 3. The zero-order chi connectivity index (χ0) is 15.9. The maximum atomic E-state index is 10.9. The number of aromatic carboxylic acids is 1. The molecule has 0 aliphatic rings. The zero-order valence-corrected chi connectivity index (χ0v) is 14.7. The van der Waals surface area contributed by atoms with Crippen LogP contribution in [-0.2, 0) is 0 Å².